The van der Waals surface area contributed by atoms with E-state index in [0.29, 0.717) is 44.4 Å². The molecule has 0 heterocycles. The van der Waals surface area contributed by atoms with Crippen molar-refractivity contribution in [1.82, 2.24) is 10.7 Å². The van der Waals surface area contributed by atoms with Crippen LogP contribution in [0.25, 0.3) is 0 Å². The number of hydrazone groups is 1. The third-order valence-corrected chi connectivity index (χ3v) is 6.32. The first-order valence-electron chi connectivity index (χ1n) is 12.0. The lowest BCUT2D eigenvalue weighted by molar-refractivity contribution is -0.132. The first kappa shape index (κ1) is 32.4. The van der Waals surface area contributed by atoms with Crippen LogP contribution in [-0.2, 0) is 14.4 Å². The quantitative estimate of drug-likeness (QED) is 0.153. The van der Waals surface area contributed by atoms with Crippen molar-refractivity contribution in [2.24, 2.45) is 16.8 Å². The van der Waals surface area contributed by atoms with Crippen LogP contribution in [0.5, 0.6) is 17.2 Å². The van der Waals surface area contributed by atoms with Gasteiger partial charge < -0.3 is 25.3 Å². The number of nitrogens with zero attached hydrogens (tertiary/aromatic N) is 1. The second-order valence-electron chi connectivity index (χ2n) is 8.78. The number of benzene rings is 2. The molecule has 0 fully saturated rings. The maximum Gasteiger partial charge on any atom is 0.262 e. The van der Waals surface area contributed by atoms with Crippen LogP contribution < -0.4 is 30.7 Å². The Bertz CT molecular complexity index is 1210. The molecule has 3 amide bonds. The molecule has 0 spiro atoms. The molecule has 2 rings (SSSR count). The van der Waals surface area contributed by atoms with Crippen molar-refractivity contribution in [1.29, 1.82) is 0 Å². The summed E-state index contributed by atoms with van der Waals surface area (Å²) in [6.45, 7) is 7.30. The Hall–Kier alpha value is -2.77. The Morgan fingerprint density at radius 1 is 1.08 bits per heavy atom. The van der Waals surface area contributed by atoms with Gasteiger partial charge in [0, 0.05) is 5.02 Å². The molecule has 0 aliphatic rings. The lowest BCUT2D eigenvalue weighted by Gasteiger charge is -2.22. The van der Waals surface area contributed by atoms with Gasteiger partial charge in [0.15, 0.2) is 24.2 Å². The molecule has 13 heteroatoms. The van der Waals surface area contributed by atoms with Crippen LogP contribution >= 0.6 is 45.8 Å². The first-order valence-corrected chi connectivity index (χ1v) is 13.9. The van der Waals surface area contributed by atoms with E-state index in [1.54, 1.807) is 31.2 Å². The Balaban J connectivity index is 2.09. The van der Waals surface area contributed by atoms with E-state index in [1.807, 2.05) is 43.4 Å². The van der Waals surface area contributed by atoms with Crippen molar-refractivity contribution in [2.45, 2.75) is 46.3 Å². The van der Waals surface area contributed by atoms with Gasteiger partial charge in [-0.2, -0.15) is 5.10 Å². The van der Waals surface area contributed by atoms with Gasteiger partial charge in [0.25, 0.3) is 17.7 Å². The van der Waals surface area contributed by atoms with Gasteiger partial charge in [0.2, 0.25) is 0 Å². The molecule has 0 aliphatic carbocycles. The Morgan fingerprint density at radius 2 is 1.79 bits per heavy atom. The fourth-order valence-corrected chi connectivity index (χ4v) is 4.50. The van der Waals surface area contributed by atoms with E-state index in [9.17, 15) is 14.4 Å². The fourth-order valence-electron chi connectivity index (χ4n) is 3.26. The maximum atomic E-state index is 12.9. The number of amides is 3. The van der Waals surface area contributed by atoms with Gasteiger partial charge in [-0.3, -0.25) is 14.4 Å². The summed E-state index contributed by atoms with van der Waals surface area (Å²) in [5.74, 6) is -0.411. The smallest absolute Gasteiger partial charge is 0.262 e. The lowest BCUT2D eigenvalue weighted by atomic mass is 10.0. The van der Waals surface area contributed by atoms with Crippen LogP contribution in [0.15, 0.2) is 35.4 Å². The second-order valence-corrected chi connectivity index (χ2v) is 10.8. The highest BCUT2D eigenvalue weighted by atomic mass is 127. The highest BCUT2D eigenvalue weighted by Crippen LogP contribution is 2.34. The zero-order valence-corrected chi connectivity index (χ0v) is 25.6. The first-order chi connectivity index (χ1) is 18.4. The van der Waals surface area contributed by atoms with Crippen LogP contribution in [0, 0.1) is 9.49 Å². The summed E-state index contributed by atoms with van der Waals surface area (Å²) in [7, 11) is 0. The minimum atomic E-state index is -0.927. The van der Waals surface area contributed by atoms with Gasteiger partial charge in [-0.25, -0.2) is 5.43 Å². The number of rotatable bonds is 14. The minimum Gasteiger partial charge on any atom is -0.490 e. The van der Waals surface area contributed by atoms with Crippen LogP contribution in [0.1, 0.15) is 39.7 Å². The SMILES string of the molecule is CCOc1cc(/C=N\NC(=O)[C@H](CC(C)C)NC(=O)[C@H](C)Oc2ccc(Cl)cc2Cl)cc(I)c1OCC(N)=O. The minimum absolute atomic E-state index is 0.107. The van der Waals surface area contributed by atoms with Crippen LogP contribution in [0.3, 0.4) is 0 Å². The number of carbonyl (C=O) groups is 3. The number of nitrogens with two attached hydrogens (primary N) is 1. The average Bonchev–Trinajstić information content (AvgIpc) is 2.84. The molecule has 2 aromatic carbocycles. The van der Waals surface area contributed by atoms with E-state index in [4.69, 9.17) is 43.1 Å². The lowest BCUT2D eigenvalue weighted by Crippen LogP contribution is -2.49. The van der Waals surface area contributed by atoms with Crippen molar-refractivity contribution in [3.63, 3.8) is 0 Å². The van der Waals surface area contributed by atoms with E-state index in [0.717, 1.165) is 0 Å². The summed E-state index contributed by atoms with van der Waals surface area (Å²) in [6.07, 6.45) is 0.881. The molecule has 2 atom stereocenters. The summed E-state index contributed by atoms with van der Waals surface area (Å²) < 4.78 is 17.4. The van der Waals surface area contributed by atoms with Crippen LogP contribution in [-0.4, -0.2) is 49.3 Å². The van der Waals surface area contributed by atoms with E-state index in [2.05, 4.69) is 15.8 Å². The molecule has 2 aromatic rings. The van der Waals surface area contributed by atoms with Gasteiger partial charge in [0.05, 0.1) is 21.4 Å². The third kappa shape index (κ3) is 10.7. The monoisotopic (exact) mass is 692 g/mol. The van der Waals surface area contributed by atoms with Crippen molar-refractivity contribution in [3.05, 3.63) is 49.5 Å². The van der Waals surface area contributed by atoms with Crippen LogP contribution in [0.2, 0.25) is 10.0 Å². The Kier molecular flexibility index (Phi) is 13.1. The Labute approximate surface area is 251 Å². The summed E-state index contributed by atoms with van der Waals surface area (Å²) in [5, 5.41) is 7.47. The number of hydrogen-bond donors (Lipinski definition) is 3. The molecule has 0 aromatic heterocycles. The van der Waals surface area contributed by atoms with Crippen molar-refractivity contribution in [3.8, 4) is 17.2 Å². The van der Waals surface area contributed by atoms with Crippen molar-refractivity contribution >= 4 is 69.7 Å². The number of carbonyl (C=O) groups excluding carboxylic acids is 3. The highest BCUT2D eigenvalue weighted by molar-refractivity contribution is 14.1. The zero-order chi connectivity index (χ0) is 29.1. The van der Waals surface area contributed by atoms with Crippen molar-refractivity contribution < 1.29 is 28.6 Å². The van der Waals surface area contributed by atoms with Gasteiger partial charge in [-0.1, -0.05) is 37.0 Å². The van der Waals surface area contributed by atoms with Gasteiger partial charge >= 0.3 is 0 Å². The molecule has 0 saturated carbocycles. The summed E-state index contributed by atoms with van der Waals surface area (Å²) in [4.78, 5) is 36.8. The molecule has 10 nitrogen and oxygen atoms in total. The maximum absolute atomic E-state index is 12.9. The summed E-state index contributed by atoms with van der Waals surface area (Å²) >= 11 is 14.1. The van der Waals surface area contributed by atoms with E-state index < -0.39 is 29.9 Å². The highest BCUT2D eigenvalue weighted by Gasteiger charge is 2.25. The number of halogens is 3. The molecule has 0 unspecified atom stereocenters. The predicted molar refractivity (Wildman–Crippen MR) is 159 cm³/mol. The molecular weight excluding hydrogens is 662 g/mol. The summed E-state index contributed by atoms with van der Waals surface area (Å²) in [5.41, 5.74) is 8.26. The molecular formula is C26H31Cl2IN4O6. The number of primary amides is 1. The predicted octanol–water partition coefficient (Wildman–Crippen LogP) is 4.31. The second kappa shape index (κ2) is 15.7. The Morgan fingerprint density at radius 3 is 2.41 bits per heavy atom. The molecule has 0 aliphatic heterocycles. The number of hydrogen-bond acceptors (Lipinski definition) is 7. The van der Waals surface area contributed by atoms with E-state index in [-0.39, 0.29) is 17.5 Å². The molecule has 39 heavy (non-hydrogen) atoms. The normalized spacial score (nSPS) is 12.6. The summed E-state index contributed by atoms with van der Waals surface area (Å²) in [6, 6.07) is 7.21. The molecule has 0 saturated heterocycles. The molecule has 212 valence electrons. The van der Waals surface area contributed by atoms with Crippen LogP contribution in [0.4, 0.5) is 0 Å². The molecule has 4 N–H and O–H groups in total. The van der Waals surface area contributed by atoms with E-state index in [1.165, 1.54) is 12.3 Å². The van der Waals surface area contributed by atoms with Gasteiger partial charge in [-0.05, 0) is 84.7 Å². The largest absolute Gasteiger partial charge is 0.490 e. The van der Waals surface area contributed by atoms with Crippen molar-refractivity contribution in [2.75, 3.05) is 13.2 Å². The third-order valence-electron chi connectivity index (χ3n) is 4.99. The van der Waals surface area contributed by atoms with Gasteiger partial charge in [-0.15, -0.1) is 0 Å². The molecule has 0 bridgehead atoms. The number of nitrogens with one attached hydrogen (secondary N) is 2. The van der Waals surface area contributed by atoms with Gasteiger partial charge in [0.1, 0.15) is 11.8 Å². The average molecular weight is 693 g/mol. The topological polar surface area (TPSA) is 141 Å². The van der Waals surface area contributed by atoms with E-state index >= 15 is 0 Å². The standard InChI is InChI=1S/C26H31Cl2IN4O6/c1-5-37-22-10-16(9-19(29)24(22)38-13-23(30)34)12-31-33-26(36)20(8-14(2)3)32-25(35)15(4)39-21-7-6-17(27)11-18(21)28/h6-7,9-12,14-15,20H,5,8,13H2,1-4H3,(H2,30,34)(H,32,35)(H,33,36)/b31-12-/t15-,20-/m0/s1. The molecule has 0 radical (unpaired) electrons. The zero-order valence-electron chi connectivity index (χ0n) is 21.9. The fraction of sp³-hybridized carbons (Fsp3) is 0.385. The number of ether oxygens (including phenoxy) is 3.